The van der Waals surface area contributed by atoms with E-state index in [-0.39, 0.29) is 0 Å². The lowest BCUT2D eigenvalue weighted by Crippen LogP contribution is -2.42. The molecule has 0 bridgehead atoms. The number of fused-ring (bicyclic) bond motifs is 1. The quantitative estimate of drug-likeness (QED) is 0.684. The van der Waals surface area contributed by atoms with Crippen LogP contribution in [0.15, 0.2) is 0 Å². The molecule has 1 nitrogen and oxygen atoms in total. The fourth-order valence-corrected chi connectivity index (χ4v) is 4.46. The number of rotatable bonds is 2. The topological polar surface area (TPSA) is 17.1 Å². The van der Waals surface area contributed by atoms with E-state index in [2.05, 4.69) is 27.7 Å². The first-order valence-electron chi connectivity index (χ1n) is 6.94. The Labute approximate surface area is 100.0 Å². The first-order valence-corrected chi connectivity index (χ1v) is 6.94. The molecule has 0 aromatic heterocycles. The first kappa shape index (κ1) is 12.1. The SMILES string of the molecule is CCC(C)(C)C1CC[C@H]2C(=O)CCCC12C. The molecule has 2 aliphatic rings. The second kappa shape index (κ2) is 3.85. The molecule has 0 heterocycles. The fraction of sp³-hybridized carbons (Fsp3) is 0.933. The lowest BCUT2D eigenvalue weighted by atomic mass is 9.58. The van der Waals surface area contributed by atoms with Crippen molar-refractivity contribution >= 4 is 5.78 Å². The van der Waals surface area contributed by atoms with Crippen LogP contribution in [0.2, 0.25) is 0 Å². The van der Waals surface area contributed by atoms with Crippen molar-refractivity contribution in [3.8, 4) is 0 Å². The van der Waals surface area contributed by atoms with Gasteiger partial charge in [0.25, 0.3) is 0 Å². The highest BCUT2D eigenvalue weighted by molar-refractivity contribution is 5.83. The predicted octanol–water partition coefficient (Wildman–Crippen LogP) is 4.21. The van der Waals surface area contributed by atoms with Gasteiger partial charge in [-0.3, -0.25) is 4.79 Å². The van der Waals surface area contributed by atoms with Crippen molar-refractivity contribution in [1.29, 1.82) is 0 Å². The predicted molar refractivity (Wildman–Crippen MR) is 67.3 cm³/mol. The molecule has 0 N–H and O–H groups in total. The standard InChI is InChI=1S/C15H26O/c1-5-14(2,3)13-9-8-11-12(16)7-6-10-15(11,13)4/h11,13H,5-10H2,1-4H3/t11-,13?,15?/m0/s1. The molecule has 3 atom stereocenters. The summed E-state index contributed by atoms with van der Waals surface area (Å²) in [6.45, 7) is 9.47. The highest BCUT2D eigenvalue weighted by Crippen LogP contribution is 2.60. The maximum Gasteiger partial charge on any atom is 0.136 e. The van der Waals surface area contributed by atoms with Crippen LogP contribution < -0.4 is 0 Å². The van der Waals surface area contributed by atoms with Gasteiger partial charge in [0, 0.05) is 12.3 Å². The van der Waals surface area contributed by atoms with Crippen LogP contribution in [0.4, 0.5) is 0 Å². The van der Waals surface area contributed by atoms with Gasteiger partial charge in [-0.1, -0.05) is 34.1 Å². The zero-order valence-electron chi connectivity index (χ0n) is 11.3. The summed E-state index contributed by atoms with van der Waals surface area (Å²) in [5.41, 5.74) is 0.718. The van der Waals surface area contributed by atoms with Gasteiger partial charge in [0.2, 0.25) is 0 Å². The maximum atomic E-state index is 12.0. The van der Waals surface area contributed by atoms with E-state index in [0.717, 1.165) is 25.2 Å². The number of ketones is 1. The molecule has 0 aromatic carbocycles. The number of hydrogen-bond acceptors (Lipinski definition) is 1. The van der Waals surface area contributed by atoms with Crippen LogP contribution in [0.1, 0.15) is 66.2 Å². The van der Waals surface area contributed by atoms with Gasteiger partial charge >= 0.3 is 0 Å². The monoisotopic (exact) mass is 222 g/mol. The van der Waals surface area contributed by atoms with Crippen molar-refractivity contribution in [2.75, 3.05) is 0 Å². The van der Waals surface area contributed by atoms with Crippen LogP contribution in [0.5, 0.6) is 0 Å². The molecule has 0 saturated heterocycles. The molecule has 0 aliphatic heterocycles. The van der Waals surface area contributed by atoms with Gasteiger partial charge in [-0.05, 0) is 42.4 Å². The molecule has 92 valence electrons. The minimum atomic E-state index is 0.314. The Morgan fingerprint density at radius 3 is 2.69 bits per heavy atom. The van der Waals surface area contributed by atoms with Crippen LogP contribution in [-0.4, -0.2) is 5.78 Å². The molecule has 0 aromatic rings. The number of carbonyl (C=O) groups excluding carboxylic acids is 1. The molecule has 1 heteroatoms. The van der Waals surface area contributed by atoms with E-state index in [1.165, 1.54) is 19.3 Å². The average Bonchev–Trinajstić information content (AvgIpc) is 2.57. The van der Waals surface area contributed by atoms with Crippen LogP contribution in [-0.2, 0) is 4.79 Å². The van der Waals surface area contributed by atoms with Crippen LogP contribution >= 0.6 is 0 Å². The smallest absolute Gasteiger partial charge is 0.136 e. The van der Waals surface area contributed by atoms with Crippen LogP contribution in [0.3, 0.4) is 0 Å². The van der Waals surface area contributed by atoms with Crippen molar-refractivity contribution in [2.45, 2.75) is 66.2 Å². The average molecular weight is 222 g/mol. The Morgan fingerprint density at radius 2 is 2.06 bits per heavy atom. The van der Waals surface area contributed by atoms with Crippen molar-refractivity contribution in [3.63, 3.8) is 0 Å². The van der Waals surface area contributed by atoms with Gasteiger partial charge in [0.05, 0.1) is 0 Å². The summed E-state index contributed by atoms with van der Waals surface area (Å²) in [7, 11) is 0. The lowest BCUT2D eigenvalue weighted by Gasteiger charge is -2.46. The Bertz CT molecular complexity index is 292. The summed E-state index contributed by atoms with van der Waals surface area (Å²) in [5, 5.41) is 0. The normalized spacial score (nSPS) is 39.9. The van der Waals surface area contributed by atoms with Crippen molar-refractivity contribution < 1.29 is 4.79 Å². The van der Waals surface area contributed by atoms with Gasteiger partial charge in [0.15, 0.2) is 0 Å². The van der Waals surface area contributed by atoms with Gasteiger partial charge in [0.1, 0.15) is 5.78 Å². The first-order chi connectivity index (χ1) is 7.42. The summed E-state index contributed by atoms with van der Waals surface area (Å²) < 4.78 is 0. The van der Waals surface area contributed by atoms with E-state index in [0.29, 0.717) is 22.5 Å². The van der Waals surface area contributed by atoms with Crippen molar-refractivity contribution in [1.82, 2.24) is 0 Å². The molecule has 2 saturated carbocycles. The van der Waals surface area contributed by atoms with Gasteiger partial charge in [-0.15, -0.1) is 0 Å². The zero-order valence-corrected chi connectivity index (χ0v) is 11.3. The number of hydrogen-bond donors (Lipinski definition) is 0. The summed E-state index contributed by atoms with van der Waals surface area (Å²) in [6, 6.07) is 0. The third-order valence-corrected chi connectivity index (χ3v) is 5.72. The Balaban J connectivity index is 2.28. The highest BCUT2D eigenvalue weighted by atomic mass is 16.1. The lowest BCUT2D eigenvalue weighted by molar-refractivity contribution is -0.130. The summed E-state index contributed by atoms with van der Waals surface area (Å²) in [4.78, 5) is 12.0. The minimum absolute atomic E-state index is 0.314. The molecule has 2 fully saturated rings. The van der Waals surface area contributed by atoms with Crippen LogP contribution in [0.25, 0.3) is 0 Å². The molecule has 2 rings (SSSR count). The van der Waals surface area contributed by atoms with E-state index in [1.807, 2.05) is 0 Å². The number of Topliss-reactive ketones (excluding diaryl/α,β-unsaturated/α-hetero) is 1. The van der Waals surface area contributed by atoms with E-state index >= 15 is 0 Å². The molecule has 0 spiro atoms. The highest BCUT2D eigenvalue weighted by Gasteiger charge is 2.54. The van der Waals surface area contributed by atoms with Crippen LogP contribution in [0, 0.1) is 22.7 Å². The fourth-order valence-electron chi connectivity index (χ4n) is 4.46. The molecule has 0 amide bonds. The van der Waals surface area contributed by atoms with Gasteiger partial charge < -0.3 is 0 Å². The number of carbonyl (C=O) groups is 1. The second-order valence-electron chi connectivity index (χ2n) is 6.85. The minimum Gasteiger partial charge on any atom is -0.299 e. The van der Waals surface area contributed by atoms with E-state index in [9.17, 15) is 4.79 Å². The maximum absolute atomic E-state index is 12.0. The van der Waals surface area contributed by atoms with Crippen molar-refractivity contribution in [3.05, 3.63) is 0 Å². The molecule has 2 unspecified atom stereocenters. The Kier molecular flexibility index (Phi) is 2.92. The molecular weight excluding hydrogens is 196 g/mol. The van der Waals surface area contributed by atoms with Gasteiger partial charge in [-0.25, -0.2) is 0 Å². The molecule has 16 heavy (non-hydrogen) atoms. The molecular formula is C15H26O. The zero-order chi connectivity index (χ0) is 12.0. The van der Waals surface area contributed by atoms with E-state index in [4.69, 9.17) is 0 Å². The summed E-state index contributed by atoms with van der Waals surface area (Å²) >= 11 is 0. The summed E-state index contributed by atoms with van der Waals surface area (Å²) in [6.07, 6.45) is 6.91. The molecule has 0 radical (unpaired) electrons. The summed E-state index contributed by atoms with van der Waals surface area (Å²) in [5.74, 6) is 1.69. The van der Waals surface area contributed by atoms with Crippen molar-refractivity contribution in [2.24, 2.45) is 22.7 Å². The van der Waals surface area contributed by atoms with E-state index in [1.54, 1.807) is 0 Å². The Hall–Kier alpha value is -0.330. The second-order valence-corrected chi connectivity index (χ2v) is 6.85. The Morgan fingerprint density at radius 1 is 1.38 bits per heavy atom. The molecule has 2 aliphatic carbocycles. The van der Waals surface area contributed by atoms with E-state index < -0.39 is 0 Å². The third kappa shape index (κ3) is 1.63. The largest absolute Gasteiger partial charge is 0.299 e. The third-order valence-electron chi connectivity index (χ3n) is 5.72. The van der Waals surface area contributed by atoms with Gasteiger partial charge in [-0.2, -0.15) is 0 Å².